The maximum atomic E-state index is 11.1. The van der Waals surface area contributed by atoms with E-state index < -0.39 is 0 Å². The van der Waals surface area contributed by atoms with Crippen molar-refractivity contribution in [3.05, 3.63) is 47.0 Å². The Morgan fingerprint density at radius 2 is 1.75 bits per heavy atom. The Balaban J connectivity index is 2.40. The van der Waals surface area contributed by atoms with Gasteiger partial charge in [-0.2, -0.15) is 0 Å². The minimum Gasteiger partial charge on any atom is -0.396 e. The molecule has 0 unspecified atom stereocenters. The monoisotopic (exact) mass is 267 g/mol. The highest BCUT2D eigenvalue weighted by Crippen LogP contribution is 2.29. The van der Waals surface area contributed by atoms with Crippen molar-refractivity contribution in [2.24, 2.45) is 0 Å². The number of nitrogens with one attached hydrogen (secondary N) is 1. The van der Waals surface area contributed by atoms with Crippen LogP contribution in [0.15, 0.2) is 30.3 Å². The number of rotatable bonds is 4. The molecule has 4 heteroatoms. The largest absolute Gasteiger partial charge is 0.396 e. The van der Waals surface area contributed by atoms with Gasteiger partial charge in [-0.15, -0.1) is 0 Å². The Morgan fingerprint density at radius 1 is 1.00 bits per heavy atom. The van der Waals surface area contributed by atoms with Crippen LogP contribution in [-0.4, -0.2) is 29.3 Å². The fourth-order valence-corrected chi connectivity index (χ4v) is 2.57. The lowest BCUT2D eigenvalue weighted by molar-refractivity contribution is 0.111. The van der Waals surface area contributed by atoms with E-state index in [4.69, 9.17) is 5.11 Å². The molecule has 0 aliphatic carbocycles. The molecule has 3 aromatic rings. The molecule has 2 N–H and O–H groups in total. The van der Waals surface area contributed by atoms with E-state index in [0.717, 1.165) is 39.9 Å². The second kappa shape index (κ2) is 4.90. The van der Waals surface area contributed by atoms with Crippen LogP contribution >= 0.6 is 0 Å². The first-order chi connectivity index (χ1) is 9.76. The van der Waals surface area contributed by atoms with Crippen molar-refractivity contribution in [3.8, 4) is 0 Å². The molecule has 0 saturated heterocycles. The molecule has 3 rings (SSSR count). The zero-order chi connectivity index (χ0) is 14.1. The van der Waals surface area contributed by atoms with Crippen molar-refractivity contribution < 1.29 is 14.7 Å². The van der Waals surface area contributed by atoms with Crippen LogP contribution in [0.1, 0.15) is 26.3 Å². The van der Waals surface area contributed by atoms with Gasteiger partial charge in [0, 0.05) is 39.5 Å². The molecule has 0 spiro atoms. The molecule has 0 fully saturated rings. The third kappa shape index (κ3) is 1.90. The first-order valence-corrected chi connectivity index (χ1v) is 6.36. The molecular weight excluding hydrogens is 254 g/mol. The molecule has 0 radical (unpaired) electrons. The molecule has 0 amide bonds. The Labute approximate surface area is 115 Å². The number of aldehydes is 2. The number of hydrogen-bond acceptors (Lipinski definition) is 3. The molecule has 20 heavy (non-hydrogen) atoms. The van der Waals surface area contributed by atoms with Crippen molar-refractivity contribution in [2.75, 3.05) is 6.61 Å². The highest BCUT2D eigenvalue weighted by molar-refractivity contribution is 6.10. The second-order valence-corrected chi connectivity index (χ2v) is 4.74. The van der Waals surface area contributed by atoms with E-state index in [1.165, 1.54) is 0 Å². The Bertz CT molecular complexity index is 817. The van der Waals surface area contributed by atoms with Gasteiger partial charge in [0.1, 0.15) is 12.6 Å². The van der Waals surface area contributed by atoms with Crippen LogP contribution in [0.4, 0.5) is 0 Å². The van der Waals surface area contributed by atoms with Crippen molar-refractivity contribution in [1.29, 1.82) is 0 Å². The summed E-state index contributed by atoms with van der Waals surface area (Å²) >= 11 is 0. The van der Waals surface area contributed by atoms with Crippen LogP contribution in [0.5, 0.6) is 0 Å². The summed E-state index contributed by atoms with van der Waals surface area (Å²) in [4.78, 5) is 25.3. The number of carbonyl (C=O) groups is 2. The summed E-state index contributed by atoms with van der Waals surface area (Å²) in [6, 6.07) is 8.98. The predicted octanol–water partition coefficient (Wildman–Crippen LogP) is 2.48. The number of aromatic nitrogens is 1. The van der Waals surface area contributed by atoms with E-state index in [-0.39, 0.29) is 6.61 Å². The fourth-order valence-electron chi connectivity index (χ4n) is 2.57. The summed E-state index contributed by atoms with van der Waals surface area (Å²) in [5, 5.41) is 11.0. The lowest BCUT2D eigenvalue weighted by atomic mass is 10.0. The van der Waals surface area contributed by atoms with E-state index in [1.807, 2.05) is 6.07 Å². The summed E-state index contributed by atoms with van der Waals surface area (Å²) in [5.74, 6) is 0. The van der Waals surface area contributed by atoms with Crippen molar-refractivity contribution in [1.82, 2.24) is 4.98 Å². The average Bonchev–Trinajstić information content (AvgIpc) is 2.85. The zero-order valence-electron chi connectivity index (χ0n) is 10.7. The van der Waals surface area contributed by atoms with Crippen LogP contribution in [-0.2, 0) is 6.42 Å². The minimum atomic E-state index is 0.0202. The molecule has 0 saturated carbocycles. The number of carbonyl (C=O) groups excluding carboxylic acids is 2. The second-order valence-electron chi connectivity index (χ2n) is 4.74. The van der Waals surface area contributed by atoms with Gasteiger partial charge >= 0.3 is 0 Å². The van der Waals surface area contributed by atoms with E-state index in [1.54, 1.807) is 24.3 Å². The summed E-state index contributed by atoms with van der Waals surface area (Å²) in [6.07, 6.45) is 2.07. The smallest absolute Gasteiger partial charge is 0.150 e. The maximum Gasteiger partial charge on any atom is 0.150 e. The summed E-state index contributed by atoms with van der Waals surface area (Å²) in [5.41, 5.74) is 3.88. The molecule has 2 aromatic carbocycles. The van der Waals surface area contributed by atoms with E-state index in [9.17, 15) is 9.59 Å². The molecule has 4 nitrogen and oxygen atoms in total. The molecule has 0 aliphatic heterocycles. The zero-order valence-corrected chi connectivity index (χ0v) is 10.7. The van der Waals surface area contributed by atoms with Crippen LogP contribution in [0.3, 0.4) is 0 Å². The van der Waals surface area contributed by atoms with Crippen molar-refractivity contribution in [2.45, 2.75) is 6.42 Å². The highest BCUT2D eigenvalue weighted by atomic mass is 16.3. The van der Waals surface area contributed by atoms with E-state index in [2.05, 4.69) is 4.98 Å². The predicted molar refractivity (Wildman–Crippen MR) is 77.4 cm³/mol. The third-order valence-corrected chi connectivity index (χ3v) is 3.49. The lowest BCUT2D eigenvalue weighted by Crippen LogP contribution is -1.94. The van der Waals surface area contributed by atoms with Crippen molar-refractivity contribution in [3.63, 3.8) is 0 Å². The molecule has 100 valence electrons. The lowest BCUT2D eigenvalue weighted by Gasteiger charge is -2.02. The van der Waals surface area contributed by atoms with E-state index in [0.29, 0.717) is 17.5 Å². The quantitative estimate of drug-likeness (QED) is 0.713. The van der Waals surface area contributed by atoms with Crippen LogP contribution in [0, 0.1) is 0 Å². The molecule has 0 bridgehead atoms. The van der Waals surface area contributed by atoms with Crippen LogP contribution < -0.4 is 0 Å². The molecule has 1 heterocycles. The number of aliphatic hydroxyl groups is 1. The van der Waals surface area contributed by atoms with Gasteiger partial charge in [0.2, 0.25) is 0 Å². The van der Waals surface area contributed by atoms with Crippen LogP contribution in [0.25, 0.3) is 21.8 Å². The molecule has 0 aliphatic rings. The molecule has 1 aromatic heterocycles. The van der Waals surface area contributed by atoms with Gasteiger partial charge in [-0.3, -0.25) is 9.59 Å². The Kier molecular flexibility index (Phi) is 3.08. The molecular formula is C16H13NO3. The number of benzene rings is 2. The van der Waals surface area contributed by atoms with Crippen LogP contribution in [0.2, 0.25) is 0 Å². The third-order valence-electron chi connectivity index (χ3n) is 3.49. The first kappa shape index (κ1) is 12.6. The van der Waals surface area contributed by atoms with E-state index >= 15 is 0 Å². The summed E-state index contributed by atoms with van der Waals surface area (Å²) in [7, 11) is 0. The van der Waals surface area contributed by atoms with Gasteiger partial charge in [-0.25, -0.2) is 0 Å². The fraction of sp³-hybridized carbons (Fsp3) is 0.125. The Hall–Kier alpha value is -2.46. The van der Waals surface area contributed by atoms with Gasteiger partial charge in [-0.05, 0) is 42.3 Å². The normalized spacial score (nSPS) is 11.1. The van der Waals surface area contributed by atoms with Gasteiger partial charge in [-0.1, -0.05) is 0 Å². The SMILES string of the molecule is O=Cc1ccc2[nH]c3c(CCO)cc(C=O)cc3c2c1. The van der Waals surface area contributed by atoms with Gasteiger partial charge in [0.15, 0.2) is 0 Å². The highest BCUT2D eigenvalue weighted by Gasteiger charge is 2.10. The average molecular weight is 267 g/mol. The number of aliphatic hydroxyl groups excluding tert-OH is 1. The first-order valence-electron chi connectivity index (χ1n) is 6.36. The topological polar surface area (TPSA) is 70.2 Å². The number of aromatic amines is 1. The summed E-state index contributed by atoms with van der Waals surface area (Å²) in [6.45, 7) is 0.0202. The maximum absolute atomic E-state index is 11.1. The van der Waals surface area contributed by atoms with Gasteiger partial charge in [0.25, 0.3) is 0 Å². The Morgan fingerprint density at radius 3 is 2.45 bits per heavy atom. The van der Waals surface area contributed by atoms with Crippen molar-refractivity contribution >= 4 is 34.4 Å². The summed E-state index contributed by atoms with van der Waals surface area (Å²) < 4.78 is 0. The number of hydrogen-bond donors (Lipinski definition) is 2. The van der Waals surface area contributed by atoms with Gasteiger partial charge < -0.3 is 10.1 Å². The number of fused-ring (bicyclic) bond motifs is 3. The minimum absolute atomic E-state index is 0.0202. The number of H-pyrrole nitrogens is 1. The molecule has 0 atom stereocenters. The standard InChI is InChI=1S/C16H13NO3/c18-4-3-12-5-11(9-20)7-14-13-6-10(8-19)1-2-15(13)17-16(12)14/h1-2,5-9,17-18H,3-4H2. The van der Waals surface area contributed by atoms with Gasteiger partial charge in [0.05, 0.1) is 0 Å².